The molecule has 0 N–H and O–H groups in total. The number of hydrogen-bond acceptors (Lipinski definition) is 6. The van der Waals surface area contributed by atoms with Crippen molar-refractivity contribution >= 4 is 17.9 Å². The van der Waals surface area contributed by atoms with Crippen molar-refractivity contribution in [3.63, 3.8) is 0 Å². The molecule has 0 aromatic rings. The van der Waals surface area contributed by atoms with E-state index in [9.17, 15) is 14.4 Å². The third-order valence-corrected chi connectivity index (χ3v) is 9.49. The Morgan fingerprint density at radius 3 is 1.03 bits per heavy atom. The molecule has 0 bridgehead atoms. The smallest absolute Gasteiger partial charge is 0.306 e. The Labute approximate surface area is 402 Å². The summed E-state index contributed by atoms with van der Waals surface area (Å²) in [6, 6.07) is 0. The van der Waals surface area contributed by atoms with Crippen molar-refractivity contribution in [1.29, 1.82) is 0 Å². The van der Waals surface area contributed by atoms with E-state index in [0.29, 0.717) is 19.3 Å². The van der Waals surface area contributed by atoms with Crippen LogP contribution in [0.4, 0.5) is 0 Å². The number of esters is 3. The van der Waals surface area contributed by atoms with Gasteiger partial charge < -0.3 is 14.2 Å². The third-order valence-electron chi connectivity index (χ3n) is 9.49. The lowest BCUT2D eigenvalue weighted by Crippen LogP contribution is -2.30. The fraction of sp³-hybridized carbons (Fsp3) is 0.450. The van der Waals surface area contributed by atoms with Gasteiger partial charge in [-0.1, -0.05) is 235 Å². The molecule has 0 saturated heterocycles. The van der Waals surface area contributed by atoms with Crippen LogP contribution >= 0.6 is 0 Å². The molecule has 0 amide bonds. The summed E-state index contributed by atoms with van der Waals surface area (Å²) in [5, 5.41) is 0. The molecular weight excluding hydrogens is 817 g/mol. The summed E-state index contributed by atoms with van der Waals surface area (Å²) in [4.78, 5) is 38.0. The van der Waals surface area contributed by atoms with Crippen LogP contribution in [0.3, 0.4) is 0 Å². The zero-order chi connectivity index (χ0) is 47.9. The van der Waals surface area contributed by atoms with Crippen molar-refractivity contribution in [1.82, 2.24) is 0 Å². The van der Waals surface area contributed by atoms with Crippen molar-refractivity contribution in [3.8, 4) is 0 Å². The van der Waals surface area contributed by atoms with E-state index in [1.165, 1.54) is 0 Å². The van der Waals surface area contributed by atoms with Crippen molar-refractivity contribution in [2.24, 2.45) is 0 Å². The highest BCUT2D eigenvalue weighted by Gasteiger charge is 2.19. The second-order valence-electron chi connectivity index (χ2n) is 15.6. The lowest BCUT2D eigenvalue weighted by Gasteiger charge is -2.18. The van der Waals surface area contributed by atoms with Gasteiger partial charge in [0.15, 0.2) is 6.10 Å². The standard InChI is InChI=1S/C60H86O6/c1-4-7-10-13-16-19-22-25-27-29-30-32-33-35-38-41-44-47-50-53-59(62)65-56-57(55-64-58(61)52-49-46-43-40-37-24-21-18-15-12-9-6-3)66-60(63)54-51-48-45-42-39-36-34-31-28-26-23-20-17-14-11-8-5-2/h7-14,16-23,25-36,38-39,57H,4-6,15,24,37,40-56H2,1-3H3/b10-7-,11-8-,12-9-,16-13-,17-14-,21-18-,22-19-,23-20-,27-25-,28-26-,30-29+,33-32-,34-31+,38-35-,39-36-. The Bertz CT molecular complexity index is 1650. The summed E-state index contributed by atoms with van der Waals surface area (Å²) in [6.45, 7) is 6.10. The predicted octanol–water partition coefficient (Wildman–Crippen LogP) is 16.6. The molecule has 1 unspecified atom stereocenters. The summed E-state index contributed by atoms with van der Waals surface area (Å²) in [5.41, 5.74) is 0. The van der Waals surface area contributed by atoms with Crippen LogP contribution < -0.4 is 0 Å². The minimum absolute atomic E-state index is 0.130. The molecule has 1 atom stereocenters. The second kappa shape index (κ2) is 52.1. The highest BCUT2D eigenvalue weighted by molar-refractivity contribution is 5.71. The summed E-state index contributed by atoms with van der Waals surface area (Å²) < 4.78 is 16.7. The Kier molecular flexibility index (Phi) is 47.8. The van der Waals surface area contributed by atoms with E-state index in [2.05, 4.69) is 69.4 Å². The molecule has 0 heterocycles. The number of allylic oxidation sites excluding steroid dienone is 30. The minimum atomic E-state index is -0.837. The monoisotopic (exact) mass is 903 g/mol. The van der Waals surface area contributed by atoms with Gasteiger partial charge in [0, 0.05) is 19.3 Å². The number of ether oxygens (including phenoxy) is 3. The quantitative estimate of drug-likeness (QED) is 0.0200. The first kappa shape index (κ1) is 60.5. The molecule has 6 nitrogen and oxygen atoms in total. The van der Waals surface area contributed by atoms with E-state index >= 15 is 0 Å². The van der Waals surface area contributed by atoms with Crippen LogP contribution in [0.15, 0.2) is 182 Å². The van der Waals surface area contributed by atoms with Crippen LogP contribution in [0.2, 0.25) is 0 Å². The molecule has 66 heavy (non-hydrogen) atoms. The van der Waals surface area contributed by atoms with E-state index in [1.807, 2.05) is 134 Å². The number of unbranched alkanes of at least 4 members (excludes halogenated alkanes) is 11. The molecule has 0 aliphatic rings. The van der Waals surface area contributed by atoms with Gasteiger partial charge in [-0.15, -0.1) is 0 Å². The van der Waals surface area contributed by atoms with E-state index in [-0.39, 0.29) is 44.0 Å². The minimum Gasteiger partial charge on any atom is -0.462 e. The van der Waals surface area contributed by atoms with Gasteiger partial charge in [-0.2, -0.15) is 0 Å². The Hall–Kier alpha value is -5.49. The molecular formula is C60H86O6. The van der Waals surface area contributed by atoms with E-state index in [0.717, 1.165) is 103 Å². The third kappa shape index (κ3) is 49.5. The van der Waals surface area contributed by atoms with Crippen LogP contribution in [0.5, 0.6) is 0 Å². The normalized spacial score (nSPS) is 13.7. The highest BCUT2D eigenvalue weighted by Crippen LogP contribution is 2.11. The van der Waals surface area contributed by atoms with Crippen LogP contribution in [-0.2, 0) is 28.6 Å². The zero-order valence-corrected chi connectivity index (χ0v) is 41.1. The van der Waals surface area contributed by atoms with E-state index < -0.39 is 6.10 Å². The Morgan fingerprint density at radius 2 is 0.621 bits per heavy atom. The molecule has 0 aliphatic carbocycles. The average molecular weight is 903 g/mol. The van der Waals surface area contributed by atoms with Crippen LogP contribution in [0.1, 0.15) is 156 Å². The summed E-state index contributed by atoms with van der Waals surface area (Å²) >= 11 is 0. The first-order valence-electron chi connectivity index (χ1n) is 25.0. The van der Waals surface area contributed by atoms with Gasteiger partial charge in [0.25, 0.3) is 0 Å². The Morgan fingerprint density at radius 1 is 0.318 bits per heavy atom. The van der Waals surface area contributed by atoms with Gasteiger partial charge in [0.05, 0.1) is 0 Å². The maximum Gasteiger partial charge on any atom is 0.306 e. The molecule has 0 aromatic heterocycles. The van der Waals surface area contributed by atoms with Crippen LogP contribution in [0.25, 0.3) is 0 Å². The molecule has 0 aliphatic heterocycles. The SMILES string of the molecule is CC\C=C/C=C\C=C/C=C\C=C\C=C/C=C\CCCCCC(=O)OCC(COC(=O)CCCCCCC/C=C\C/C=C\CC)OC(=O)CCCCC\C=C/C=C/C=C\C=C/C=C\C=C/CC. The summed E-state index contributed by atoms with van der Waals surface area (Å²) in [6.07, 6.45) is 78.6. The number of carbonyl (C=O) groups is 3. The van der Waals surface area contributed by atoms with Gasteiger partial charge in [0.1, 0.15) is 13.2 Å². The van der Waals surface area contributed by atoms with Gasteiger partial charge in [-0.05, 0) is 83.5 Å². The lowest BCUT2D eigenvalue weighted by molar-refractivity contribution is -0.167. The molecule has 0 saturated carbocycles. The highest BCUT2D eigenvalue weighted by atomic mass is 16.6. The zero-order valence-electron chi connectivity index (χ0n) is 41.1. The number of rotatable bonds is 41. The molecule has 362 valence electrons. The molecule has 0 fully saturated rings. The van der Waals surface area contributed by atoms with Crippen LogP contribution in [-0.4, -0.2) is 37.2 Å². The maximum absolute atomic E-state index is 12.8. The van der Waals surface area contributed by atoms with Crippen molar-refractivity contribution in [3.05, 3.63) is 182 Å². The fourth-order valence-corrected chi connectivity index (χ4v) is 5.84. The molecule has 0 rings (SSSR count). The lowest BCUT2D eigenvalue weighted by atomic mass is 10.1. The number of hydrogen-bond donors (Lipinski definition) is 0. The van der Waals surface area contributed by atoms with E-state index in [1.54, 1.807) is 0 Å². The Balaban J connectivity index is 4.65. The molecule has 6 heteroatoms. The topological polar surface area (TPSA) is 78.9 Å². The van der Waals surface area contributed by atoms with Gasteiger partial charge in [-0.3, -0.25) is 14.4 Å². The van der Waals surface area contributed by atoms with Crippen molar-refractivity contribution < 1.29 is 28.6 Å². The second-order valence-corrected chi connectivity index (χ2v) is 15.6. The maximum atomic E-state index is 12.8. The average Bonchev–Trinajstić information content (AvgIpc) is 3.31. The fourth-order valence-electron chi connectivity index (χ4n) is 5.84. The van der Waals surface area contributed by atoms with Crippen molar-refractivity contribution in [2.75, 3.05) is 13.2 Å². The van der Waals surface area contributed by atoms with Crippen LogP contribution in [0, 0.1) is 0 Å². The predicted molar refractivity (Wildman–Crippen MR) is 283 cm³/mol. The largest absolute Gasteiger partial charge is 0.462 e. The summed E-state index contributed by atoms with van der Waals surface area (Å²) in [5.74, 6) is -1.05. The molecule has 0 radical (unpaired) electrons. The number of carbonyl (C=O) groups excluding carboxylic acids is 3. The van der Waals surface area contributed by atoms with Gasteiger partial charge in [-0.25, -0.2) is 0 Å². The summed E-state index contributed by atoms with van der Waals surface area (Å²) in [7, 11) is 0. The van der Waals surface area contributed by atoms with Crippen molar-refractivity contribution in [2.45, 2.75) is 162 Å². The van der Waals surface area contributed by atoms with E-state index in [4.69, 9.17) is 14.2 Å². The first-order valence-corrected chi connectivity index (χ1v) is 25.0. The molecule has 0 aromatic carbocycles. The van der Waals surface area contributed by atoms with Gasteiger partial charge >= 0.3 is 17.9 Å². The first-order chi connectivity index (χ1) is 32.5. The molecule has 0 spiro atoms. The van der Waals surface area contributed by atoms with Gasteiger partial charge in [0.2, 0.25) is 0 Å².